The van der Waals surface area contributed by atoms with Crippen LogP contribution in [-0.4, -0.2) is 22.7 Å². The Balaban J connectivity index is 2.20. The molecule has 5 nitrogen and oxygen atoms in total. The molecule has 0 saturated carbocycles. The number of rotatable bonds is 4. The van der Waals surface area contributed by atoms with E-state index in [-0.39, 0.29) is 28.6 Å². The molecule has 17 heavy (non-hydrogen) atoms. The Kier molecular flexibility index (Phi) is 3.26. The maximum absolute atomic E-state index is 13.0. The first-order valence-corrected chi connectivity index (χ1v) is 4.98. The number of ether oxygens (including phenoxy) is 1. The number of carbonyl (C=O) groups is 1. The number of nitrogens with zero attached hydrogens (tertiary/aromatic N) is 1. The zero-order chi connectivity index (χ0) is 12.4. The molecular weight excluding hydrogens is 253 g/mol. The van der Waals surface area contributed by atoms with Gasteiger partial charge in [0.15, 0.2) is 5.58 Å². The number of carboxylic acids is 1. The Morgan fingerprint density at radius 2 is 2.35 bits per heavy atom. The van der Waals surface area contributed by atoms with E-state index >= 15 is 0 Å². The van der Waals surface area contributed by atoms with E-state index in [2.05, 4.69) is 4.98 Å². The topological polar surface area (TPSA) is 72.6 Å². The molecule has 0 saturated heterocycles. The molecule has 1 heterocycles. The van der Waals surface area contributed by atoms with E-state index in [0.717, 1.165) is 6.07 Å². The molecule has 0 bridgehead atoms. The van der Waals surface area contributed by atoms with Gasteiger partial charge in [-0.25, -0.2) is 14.2 Å². The molecule has 0 fully saturated rings. The molecular formula is C10H7ClFNO4. The number of aromatic nitrogens is 1. The molecule has 0 spiro atoms. The van der Waals surface area contributed by atoms with Gasteiger partial charge < -0.3 is 14.3 Å². The quantitative estimate of drug-likeness (QED) is 0.911. The lowest BCUT2D eigenvalue weighted by Crippen LogP contribution is -2.06. The number of hydrogen-bond donors (Lipinski definition) is 1. The van der Waals surface area contributed by atoms with Crippen LogP contribution in [0.1, 0.15) is 5.89 Å². The van der Waals surface area contributed by atoms with Crippen LogP contribution in [0.3, 0.4) is 0 Å². The van der Waals surface area contributed by atoms with Crippen molar-refractivity contribution in [3.8, 4) is 0 Å². The van der Waals surface area contributed by atoms with Crippen molar-refractivity contribution in [2.24, 2.45) is 0 Å². The Bertz CT molecular complexity index is 569. The van der Waals surface area contributed by atoms with Gasteiger partial charge in [0.1, 0.15) is 24.5 Å². The molecule has 1 aromatic carbocycles. The van der Waals surface area contributed by atoms with Crippen molar-refractivity contribution in [1.29, 1.82) is 0 Å². The summed E-state index contributed by atoms with van der Waals surface area (Å²) in [6.45, 7) is -0.570. The van der Waals surface area contributed by atoms with Crippen LogP contribution < -0.4 is 0 Å². The second-order valence-electron chi connectivity index (χ2n) is 3.23. The summed E-state index contributed by atoms with van der Waals surface area (Å²) in [6, 6.07) is 2.28. The third-order valence-electron chi connectivity index (χ3n) is 1.90. The minimum absolute atomic E-state index is 0.108. The molecule has 0 radical (unpaired) electrons. The summed E-state index contributed by atoms with van der Waals surface area (Å²) in [5, 5.41) is 8.47. The highest BCUT2D eigenvalue weighted by molar-refractivity contribution is 6.34. The van der Waals surface area contributed by atoms with E-state index < -0.39 is 18.4 Å². The Labute approximate surface area is 99.8 Å². The Morgan fingerprint density at radius 1 is 1.59 bits per heavy atom. The van der Waals surface area contributed by atoms with Gasteiger partial charge in [-0.3, -0.25) is 0 Å². The summed E-state index contributed by atoms with van der Waals surface area (Å²) < 4.78 is 23.0. The molecule has 7 heteroatoms. The smallest absolute Gasteiger partial charge is 0.329 e. The monoisotopic (exact) mass is 259 g/mol. The minimum atomic E-state index is -1.09. The van der Waals surface area contributed by atoms with Gasteiger partial charge in [-0.05, 0) is 6.07 Å². The molecule has 2 aromatic rings. The predicted octanol–water partition coefficient (Wildman–Crippen LogP) is 2.22. The average Bonchev–Trinajstić information content (AvgIpc) is 2.60. The SMILES string of the molecule is O=C(O)COCc1nc2cc(F)cc(Cl)c2o1. The van der Waals surface area contributed by atoms with Crippen LogP contribution in [0.25, 0.3) is 11.1 Å². The van der Waals surface area contributed by atoms with Crippen molar-refractivity contribution in [3.05, 3.63) is 28.9 Å². The van der Waals surface area contributed by atoms with E-state index in [4.69, 9.17) is 25.9 Å². The molecule has 1 aromatic heterocycles. The number of oxazole rings is 1. The number of fused-ring (bicyclic) bond motifs is 1. The number of carboxylic acid groups (broad SMARTS) is 1. The highest BCUT2D eigenvalue weighted by Gasteiger charge is 2.11. The summed E-state index contributed by atoms with van der Waals surface area (Å²) in [7, 11) is 0. The molecule has 1 N–H and O–H groups in total. The second-order valence-corrected chi connectivity index (χ2v) is 3.64. The van der Waals surface area contributed by atoms with Crippen LogP contribution in [0, 0.1) is 5.82 Å². The number of hydrogen-bond acceptors (Lipinski definition) is 4. The predicted molar refractivity (Wildman–Crippen MR) is 56.3 cm³/mol. The van der Waals surface area contributed by atoms with Crippen LogP contribution in [-0.2, 0) is 16.1 Å². The Hall–Kier alpha value is -1.66. The number of benzene rings is 1. The average molecular weight is 260 g/mol. The lowest BCUT2D eigenvalue weighted by molar-refractivity contribution is -0.142. The van der Waals surface area contributed by atoms with Crippen molar-refractivity contribution in [3.63, 3.8) is 0 Å². The van der Waals surface area contributed by atoms with E-state index in [0.29, 0.717) is 0 Å². The van der Waals surface area contributed by atoms with Gasteiger partial charge in [0, 0.05) is 6.07 Å². The van der Waals surface area contributed by atoms with Crippen molar-refractivity contribution in [2.75, 3.05) is 6.61 Å². The Morgan fingerprint density at radius 3 is 3.06 bits per heavy atom. The minimum Gasteiger partial charge on any atom is -0.480 e. The van der Waals surface area contributed by atoms with Crippen LogP contribution in [0.4, 0.5) is 4.39 Å². The molecule has 0 amide bonds. The number of aliphatic carboxylic acids is 1. The molecule has 0 aliphatic rings. The van der Waals surface area contributed by atoms with E-state index in [1.54, 1.807) is 0 Å². The molecule has 90 valence electrons. The van der Waals surface area contributed by atoms with Crippen molar-refractivity contribution in [2.45, 2.75) is 6.61 Å². The third-order valence-corrected chi connectivity index (χ3v) is 2.19. The first-order chi connectivity index (χ1) is 8.06. The zero-order valence-corrected chi connectivity index (χ0v) is 9.20. The molecule has 0 aliphatic heterocycles. The lowest BCUT2D eigenvalue weighted by Gasteiger charge is -1.95. The van der Waals surface area contributed by atoms with Crippen LogP contribution in [0.15, 0.2) is 16.5 Å². The highest BCUT2D eigenvalue weighted by atomic mass is 35.5. The largest absolute Gasteiger partial charge is 0.480 e. The number of halogens is 2. The normalized spacial score (nSPS) is 10.9. The van der Waals surface area contributed by atoms with Crippen molar-refractivity contribution < 1.29 is 23.4 Å². The summed E-state index contributed by atoms with van der Waals surface area (Å²) in [4.78, 5) is 14.1. The van der Waals surface area contributed by atoms with Gasteiger partial charge in [0.25, 0.3) is 0 Å². The maximum atomic E-state index is 13.0. The van der Waals surface area contributed by atoms with Gasteiger partial charge in [0.2, 0.25) is 5.89 Å². The fourth-order valence-electron chi connectivity index (χ4n) is 1.29. The second kappa shape index (κ2) is 4.68. The summed E-state index contributed by atoms with van der Waals surface area (Å²) in [6.07, 6.45) is 0. The first-order valence-electron chi connectivity index (χ1n) is 4.60. The van der Waals surface area contributed by atoms with Gasteiger partial charge >= 0.3 is 5.97 Å². The van der Waals surface area contributed by atoms with E-state index in [9.17, 15) is 9.18 Å². The molecule has 0 unspecified atom stereocenters. The van der Waals surface area contributed by atoms with E-state index in [1.807, 2.05) is 0 Å². The molecule has 0 atom stereocenters. The van der Waals surface area contributed by atoms with Gasteiger partial charge in [0.05, 0.1) is 5.02 Å². The lowest BCUT2D eigenvalue weighted by atomic mass is 10.3. The molecule has 2 rings (SSSR count). The fourth-order valence-corrected chi connectivity index (χ4v) is 1.53. The highest BCUT2D eigenvalue weighted by Crippen LogP contribution is 2.25. The van der Waals surface area contributed by atoms with Crippen LogP contribution in [0.5, 0.6) is 0 Å². The van der Waals surface area contributed by atoms with E-state index in [1.165, 1.54) is 6.07 Å². The van der Waals surface area contributed by atoms with Gasteiger partial charge in [-0.2, -0.15) is 0 Å². The first kappa shape index (κ1) is 11.8. The zero-order valence-electron chi connectivity index (χ0n) is 8.44. The molecule has 0 aliphatic carbocycles. The maximum Gasteiger partial charge on any atom is 0.329 e. The van der Waals surface area contributed by atoms with Gasteiger partial charge in [-0.15, -0.1) is 0 Å². The van der Waals surface area contributed by atoms with Crippen LogP contribution >= 0.6 is 11.6 Å². The standard InChI is InChI=1S/C10H7ClFNO4/c11-6-1-5(12)2-7-10(6)17-8(13-7)3-16-4-9(14)15/h1-2H,3-4H2,(H,14,15). The third kappa shape index (κ3) is 2.72. The summed E-state index contributed by atoms with van der Waals surface area (Å²) in [5.41, 5.74) is 0.519. The van der Waals surface area contributed by atoms with Gasteiger partial charge in [-0.1, -0.05) is 11.6 Å². The van der Waals surface area contributed by atoms with Crippen molar-refractivity contribution in [1.82, 2.24) is 4.98 Å². The van der Waals surface area contributed by atoms with Crippen LogP contribution in [0.2, 0.25) is 5.02 Å². The fraction of sp³-hybridized carbons (Fsp3) is 0.200. The van der Waals surface area contributed by atoms with Crippen molar-refractivity contribution >= 4 is 28.7 Å². The summed E-state index contributed by atoms with van der Waals surface area (Å²) in [5.74, 6) is -1.47. The summed E-state index contributed by atoms with van der Waals surface area (Å²) >= 11 is 5.75.